The summed E-state index contributed by atoms with van der Waals surface area (Å²) >= 11 is 7.88. The first kappa shape index (κ1) is 15.1. The van der Waals surface area contributed by atoms with Gasteiger partial charge in [-0.25, -0.2) is 4.98 Å². The third-order valence-corrected chi connectivity index (χ3v) is 3.87. The molecule has 0 aliphatic rings. The van der Waals surface area contributed by atoms with Crippen molar-refractivity contribution in [1.82, 2.24) is 10.3 Å². The maximum atomic E-state index is 6.28. The number of nitrogens with one attached hydrogen (secondary N) is 1. The number of aromatic nitrogens is 1. The van der Waals surface area contributed by atoms with Gasteiger partial charge in [-0.3, -0.25) is 0 Å². The lowest BCUT2D eigenvalue weighted by molar-refractivity contribution is 0.287. The van der Waals surface area contributed by atoms with Crippen molar-refractivity contribution in [3.8, 4) is 11.5 Å². The molecule has 0 fully saturated rings. The number of aryl methyl sites for hydroxylation is 1. The zero-order chi connectivity index (χ0) is 14.5. The average molecular weight is 313 g/mol. The molecule has 0 aliphatic heterocycles. The van der Waals surface area contributed by atoms with E-state index >= 15 is 0 Å². The molecule has 0 amide bonds. The molecule has 0 atom stereocenters. The summed E-state index contributed by atoms with van der Waals surface area (Å²) < 4.78 is 11.1. The van der Waals surface area contributed by atoms with E-state index in [1.807, 2.05) is 32.3 Å². The maximum Gasteiger partial charge on any atom is 0.180 e. The fourth-order valence-electron chi connectivity index (χ4n) is 1.83. The Morgan fingerprint density at radius 1 is 1.40 bits per heavy atom. The van der Waals surface area contributed by atoms with Crippen molar-refractivity contribution in [1.29, 1.82) is 0 Å². The van der Waals surface area contributed by atoms with Crippen molar-refractivity contribution < 1.29 is 9.47 Å². The Morgan fingerprint density at radius 3 is 2.80 bits per heavy atom. The van der Waals surface area contributed by atoms with Gasteiger partial charge in [-0.2, -0.15) is 0 Å². The van der Waals surface area contributed by atoms with Gasteiger partial charge in [0.1, 0.15) is 6.61 Å². The van der Waals surface area contributed by atoms with Crippen LogP contribution in [0.2, 0.25) is 5.02 Å². The van der Waals surface area contributed by atoms with Crippen molar-refractivity contribution in [3.63, 3.8) is 0 Å². The smallest absolute Gasteiger partial charge is 0.180 e. The molecule has 0 radical (unpaired) electrons. The fourth-order valence-corrected chi connectivity index (χ4v) is 2.83. The first-order valence-corrected chi connectivity index (χ1v) is 7.38. The number of benzene rings is 1. The Morgan fingerprint density at radius 2 is 2.20 bits per heavy atom. The summed E-state index contributed by atoms with van der Waals surface area (Å²) in [6, 6.07) is 3.81. The predicted molar refractivity (Wildman–Crippen MR) is 82.0 cm³/mol. The van der Waals surface area contributed by atoms with Crippen LogP contribution in [0, 0.1) is 6.92 Å². The van der Waals surface area contributed by atoms with E-state index in [9.17, 15) is 0 Å². The Labute approximate surface area is 127 Å². The molecule has 0 aliphatic carbocycles. The highest BCUT2D eigenvalue weighted by atomic mass is 35.5. The number of thiazole rings is 1. The van der Waals surface area contributed by atoms with Crippen LogP contribution in [0.25, 0.3) is 0 Å². The molecule has 20 heavy (non-hydrogen) atoms. The summed E-state index contributed by atoms with van der Waals surface area (Å²) in [4.78, 5) is 5.25. The predicted octanol–water partition coefficient (Wildman–Crippen LogP) is 3.41. The third-order valence-electron chi connectivity index (χ3n) is 2.70. The van der Waals surface area contributed by atoms with Crippen LogP contribution in [0.3, 0.4) is 0 Å². The molecular formula is C14H17ClN2O2S. The number of halogens is 1. The standard InChI is InChI=1S/C14H17ClN2O2S/c1-9-17-7-11(20-9)8-19-14-12(15)4-10(6-16-2)5-13(14)18-3/h4-5,7,16H,6,8H2,1-3H3. The highest BCUT2D eigenvalue weighted by Gasteiger charge is 2.12. The molecule has 0 bridgehead atoms. The lowest BCUT2D eigenvalue weighted by Crippen LogP contribution is -2.06. The van der Waals surface area contributed by atoms with Crippen LogP contribution in [0.4, 0.5) is 0 Å². The molecule has 6 heteroatoms. The van der Waals surface area contributed by atoms with E-state index in [1.54, 1.807) is 18.4 Å². The van der Waals surface area contributed by atoms with Gasteiger partial charge in [-0.05, 0) is 31.7 Å². The third kappa shape index (κ3) is 3.62. The SMILES string of the molecule is CNCc1cc(Cl)c(OCc2cnc(C)s2)c(OC)c1. The lowest BCUT2D eigenvalue weighted by Gasteiger charge is -2.13. The van der Waals surface area contributed by atoms with E-state index in [0.717, 1.165) is 22.0 Å². The van der Waals surface area contributed by atoms with Gasteiger partial charge in [0.2, 0.25) is 0 Å². The number of rotatable bonds is 6. The molecule has 108 valence electrons. The largest absolute Gasteiger partial charge is 0.493 e. The van der Waals surface area contributed by atoms with Gasteiger partial charge in [-0.1, -0.05) is 11.6 Å². The molecule has 4 nitrogen and oxygen atoms in total. The number of hydrogen-bond acceptors (Lipinski definition) is 5. The fraction of sp³-hybridized carbons (Fsp3) is 0.357. The van der Waals surface area contributed by atoms with Crippen LogP contribution < -0.4 is 14.8 Å². The summed E-state index contributed by atoms with van der Waals surface area (Å²) in [6.45, 7) is 3.13. The molecule has 0 unspecified atom stereocenters. The molecule has 0 saturated heterocycles. The van der Waals surface area contributed by atoms with Gasteiger partial charge in [0.15, 0.2) is 11.5 Å². The Balaban J connectivity index is 2.17. The van der Waals surface area contributed by atoms with Crippen LogP contribution in [-0.2, 0) is 13.2 Å². The normalized spacial score (nSPS) is 10.6. The highest BCUT2D eigenvalue weighted by molar-refractivity contribution is 7.11. The highest BCUT2D eigenvalue weighted by Crippen LogP contribution is 2.37. The number of methoxy groups -OCH3 is 1. The van der Waals surface area contributed by atoms with Crippen LogP contribution in [-0.4, -0.2) is 19.1 Å². The summed E-state index contributed by atoms with van der Waals surface area (Å²) in [5.41, 5.74) is 1.05. The van der Waals surface area contributed by atoms with E-state index < -0.39 is 0 Å². The molecular weight excluding hydrogens is 296 g/mol. The summed E-state index contributed by atoms with van der Waals surface area (Å²) in [7, 11) is 3.50. The van der Waals surface area contributed by atoms with E-state index in [0.29, 0.717) is 23.1 Å². The van der Waals surface area contributed by atoms with E-state index in [4.69, 9.17) is 21.1 Å². The van der Waals surface area contributed by atoms with Crippen molar-refractivity contribution in [2.75, 3.05) is 14.2 Å². The first-order valence-electron chi connectivity index (χ1n) is 6.19. The topological polar surface area (TPSA) is 43.4 Å². The zero-order valence-electron chi connectivity index (χ0n) is 11.7. The van der Waals surface area contributed by atoms with Gasteiger partial charge >= 0.3 is 0 Å². The van der Waals surface area contributed by atoms with Crippen LogP contribution in [0.1, 0.15) is 15.4 Å². The number of hydrogen-bond donors (Lipinski definition) is 1. The minimum absolute atomic E-state index is 0.437. The van der Waals surface area contributed by atoms with Crippen molar-refractivity contribution in [2.24, 2.45) is 0 Å². The van der Waals surface area contributed by atoms with Crippen LogP contribution in [0.5, 0.6) is 11.5 Å². The Hall–Kier alpha value is -1.30. The van der Waals surface area contributed by atoms with E-state index in [2.05, 4.69) is 10.3 Å². The van der Waals surface area contributed by atoms with E-state index in [1.165, 1.54) is 0 Å². The summed E-state index contributed by atoms with van der Waals surface area (Å²) in [5, 5.41) is 4.65. The first-order chi connectivity index (χ1) is 9.63. The molecule has 1 N–H and O–H groups in total. The second-order valence-electron chi connectivity index (χ2n) is 4.27. The average Bonchev–Trinajstić information content (AvgIpc) is 2.83. The molecule has 2 rings (SSSR count). The number of nitrogens with zero attached hydrogens (tertiary/aromatic N) is 1. The minimum atomic E-state index is 0.437. The van der Waals surface area contributed by atoms with Gasteiger partial charge < -0.3 is 14.8 Å². The van der Waals surface area contributed by atoms with Gasteiger partial charge in [0.25, 0.3) is 0 Å². The molecule has 2 aromatic rings. The molecule has 1 aromatic heterocycles. The molecule has 1 aromatic carbocycles. The minimum Gasteiger partial charge on any atom is -0.493 e. The van der Waals surface area contributed by atoms with Gasteiger partial charge in [0, 0.05) is 12.7 Å². The lowest BCUT2D eigenvalue weighted by atomic mass is 10.2. The summed E-state index contributed by atoms with van der Waals surface area (Å²) in [5.74, 6) is 1.21. The quantitative estimate of drug-likeness (QED) is 0.887. The second kappa shape index (κ2) is 6.92. The molecule has 1 heterocycles. The van der Waals surface area contributed by atoms with E-state index in [-0.39, 0.29) is 0 Å². The zero-order valence-corrected chi connectivity index (χ0v) is 13.3. The maximum absolute atomic E-state index is 6.28. The van der Waals surface area contributed by atoms with Crippen molar-refractivity contribution >= 4 is 22.9 Å². The summed E-state index contributed by atoms with van der Waals surface area (Å²) in [6.07, 6.45) is 1.82. The van der Waals surface area contributed by atoms with Crippen molar-refractivity contribution in [2.45, 2.75) is 20.1 Å². The van der Waals surface area contributed by atoms with Gasteiger partial charge in [-0.15, -0.1) is 11.3 Å². The van der Waals surface area contributed by atoms with Gasteiger partial charge in [0.05, 0.1) is 22.0 Å². The van der Waals surface area contributed by atoms with Crippen LogP contribution >= 0.6 is 22.9 Å². The monoisotopic (exact) mass is 312 g/mol. The number of ether oxygens (including phenoxy) is 2. The molecule has 0 saturated carbocycles. The Kier molecular flexibility index (Phi) is 5.23. The van der Waals surface area contributed by atoms with Crippen molar-refractivity contribution in [3.05, 3.63) is 38.8 Å². The Bertz CT molecular complexity index is 587. The van der Waals surface area contributed by atoms with Crippen LogP contribution in [0.15, 0.2) is 18.3 Å². The molecule has 0 spiro atoms. The second-order valence-corrected chi connectivity index (χ2v) is 6.00.